The van der Waals surface area contributed by atoms with E-state index in [0.717, 1.165) is 0 Å². The molecular weight excluding hydrogens is 230 g/mol. The summed E-state index contributed by atoms with van der Waals surface area (Å²) in [7, 11) is 1.49. The molecule has 1 aromatic rings. The minimum atomic E-state index is -0.701. The number of nitrogens with one attached hydrogen (secondary N) is 1. The molecule has 0 heterocycles. The molecule has 0 saturated heterocycles. The highest BCUT2D eigenvalue weighted by Gasteiger charge is 2.27. The Balaban J connectivity index is 3.11. The van der Waals surface area contributed by atoms with Gasteiger partial charge in [0.2, 0.25) is 5.91 Å². The van der Waals surface area contributed by atoms with E-state index >= 15 is 0 Å². The molecule has 96 valence electrons. The SMILES string of the molecule is COc1cccc(C#N)c1NC(=O)C(C)(C)CN. The van der Waals surface area contributed by atoms with Gasteiger partial charge in [0, 0.05) is 6.54 Å². The van der Waals surface area contributed by atoms with Crippen LogP contribution in [0, 0.1) is 16.7 Å². The molecule has 1 amide bonds. The lowest BCUT2D eigenvalue weighted by atomic mass is 9.92. The zero-order chi connectivity index (χ0) is 13.8. The number of rotatable bonds is 4. The van der Waals surface area contributed by atoms with E-state index < -0.39 is 5.41 Å². The van der Waals surface area contributed by atoms with Crippen molar-refractivity contribution in [2.45, 2.75) is 13.8 Å². The van der Waals surface area contributed by atoms with Gasteiger partial charge in [-0.2, -0.15) is 5.26 Å². The summed E-state index contributed by atoms with van der Waals surface area (Å²) in [5.41, 5.74) is 5.58. The molecule has 0 aliphatic carbocycles. The number of nitrogens with two attached hydrogens (primary N) is 1. The van der Waals surface area contributed by atoms with Crippen LogP contribution in [0.2, 0.25) is 0 Å². The summed E-state index contributed by atoms with van der Waals surface area (Å²) >= 11 is 0. The van der Waals surface area contributed by atoms with Crippen LogP contribution in [0.3, 0.4) is 0 Å². The zero-order valence-corrected chi connectivity index (χ0v) is 10.8. The molecule has 1 rings (SSSR count). The van der Waals surface area contributed by atoms with Crippen molar-refractivity contribution in [2.24, 2.45) is 11.1 Å². The number of hydrogen-bond acceptors (Lipinski definition) is 4. The zero-order valence-electron chi connectivity index (χ0n) is 10.8. The topological polar surface area (TPSA) is 88.1 Å². The summed E-state index contributed by atoms with van der Waals surface area (Å²) in [4.78, 5) is 12.0. The van der Waals surface area contributed by atoms with E-state index in [0.29, 0.717) is 17.0 Å². The highest BCUT2D eigenvalue weighted by molar-refractivity contribution is 5.97. The highest BCUT2D eigenvalue weighted by Crippen LogP contribution is 2.29. The monoisotopic (exact) mass is 247 g/mol. The standard InChI is InChI=1S/C13H17N3O2/c1-13(2,8-15)12(17)16-11-9(7-14)5-4-6-10(11)18-3/h4-6H,8,15H2,1-3H3,(H,16,17). The van der Waals surface area contributed by atoms with Crippen molar-refractivity contribution < 1.29 is 9.53 Å². The van der Waals surface area contributed by atoms with E-state index in [1.54, 1.807) is 32.0 Å². The molecular formula is C13H17N3O2. The van der Waals surface area contributed by atoms with E-state index in [9.17, 15) is 4.79 Å². The second-order valence-electron chi connectivity index (χ2n) is 4.54. The summed E-state index contributed by atoms with van der Waals surface area (Å²) in [5.74, 6) is 0.209. The van der Waals surface area contributed by atoms with Crippen LogP contribution in [0.15, 0.2) is 18.2 Å². The van der Waals surface area contributed by atoms with Gasteiger partial charge in [0.25, 0.3) is 0 Å². The Kier molecular flexibility index (Phi) is 4.29. The molecule has 0 aromatic heterocycles. The molecule has 0 unspecified atom stereocenters. The van der Waals surface area contributed by atoms with Gasteiger partial charge in [-0.05, 0) is 26.0 Å². The van der Waals surface area contributed by atoms with Gasteiger partial charge in [-0.15, -0.1) is 0 Å². The fraction of sp³-hybridized carbons (Fsp3) is 0.385. The first-order valence-electron chi connectivity index (χ1n) is 5.55. The van der Waals surface area contributed by atoms with E-state index in [-0.39, 0.29) is 12.5 Å². The second-order valence-corrected chi connectivity index (χ2v) is 4.54. The van der Waals surface area contributed by atoms with Crippen molar-refractivity contribution in [3.8, 4) is 11.8 Å². The number of methoxy groups -OCH3 is 1. The summed E-state index contributed by atoms with van der Waals surface area (Å²) in [6.07, 6.45) is 0. The summed E-state index contributed by atoms with van der Waals surface area (Å²) in [6.45, 7) is 3.70. The molecule has 0 atom stereocenters. The van der Waals surface area contributed by atoms with Crippen molar-refractivity contribution in [1.82, 2.24) is 0 Å². The Morgan fingerprint density at radius 3 is 2.72 bits per heavy atom. The first-order chi connectivity index (χ1) is 8.46. The molecule has 5 nitrogen and oxygen atoms in total. The first-order valence-corrected chi connectivity index (χ1v) is 5.55. The fourth-order valence-corrected chi connectivity index (χ4v) is 1.30. The fourth-order valence-electron chi connectivity index (χ4n) is 1.30. The smallest absolute Gasteiger partial charge is 0.231 e. The van der Waals surface area contributed by atoms with Crippen LogP contribution in [-0.4, -0.2) is 19.6 Å². The summed E-state index contributed by atoms with van der Waals surface area (Å²) in [5, 5.41) is 11.7. The Labute approximate surface area is 107 Å². The number of hydrogen-bond donors (Lipinski definition) is 2. The summed E-state index contributed by atoms with van der Waals surface area (Å²) in [6, 6.07) is 7.02. The molecule has 0 fully saturated rings. The molecule has 5 heteroatoms. The lowest BCUT2D eigenvalue weighted by Crippen LogP contribution is -2.37. The number of benzene rings is 1. The molecule has 0 saturated carbocycles. The van der Waals surface area contributed by atoms with E-state index in [1.165, 1.54) is 7.11 Å². The minimum Gasteiger partial charge on any atom is -0.495 e. The quantitative estimate of drug-likeness (QED) is 0.843. The number of carbonyl (C=O) groups excluding carboxylic acids is 1. The number of carbonyl (C=O) groups is 1. The summed E-state index contributed by atoms with van der Waals surface area (Å²) < 4.78 is 5.14. The molecule has 0 aliphatic rings. The number of nitriles is 1. The van der Waals surface area contributed by atoms with Crippen LogP contribution >= 0.6 is 0 Å². The molecule has 0 aliphatic heterocycles. The predicted molar refractivity (Wildman–Crippen MR) is 69.2 cm³/mol. The Morgan fingerprint density at radius 2 is 2.22 bits per heavy atom. The number of para-hydroxylation sites is 1. The van der Waals surface area contributed by atoms with Crippen LogP contribution in [-0.2, 0) is 4.79 Å². The van der Waals surface area contributed by atoms with E-state index in [4.69, 9.17) is 15.7 Å². The maximum absolute atomic E-state index is 12.0. The average Bonchev–Trinajstić information content (AvgIpc) is 2.38. The first kappa shape index (κ1) is 14.0. The van der Waals surface area contributed by atoms with Crippen LogP contribution in [0.5, 0.6) is 5.75 Å². The molecule has 18 heavy (non-hydrogen) atoms. The molecule has 1 aromatic carbocycles. The number of ether oxygens (including phenoxy) is 1. The Hall–Kier alpha value is -2.06. The van der Waals surface area contributed by atoms with Crippen LogP contribution in [0.4, 0.5) is 5.69 Å². The van der Waals surface area contributed by atoms with E-state index in [2.05, 4.69) is 5.32 Å². The minimum absolute atomic E-state index is 0.218. The average molecular weight is 247 g/mol. The number of amides is 1. The van der Waals surface area contributed by atoms with Gasteiger partial charge in [0.05, 0.1) is 18.1 Å². The predicted octanol–water partition coefficient (Wildman–Crippen LogP) is 1.49. The molecule has 0 radical (unpaired) electrons. The van der Waals surface area contributed by atoms with Crippen molar-refractivity contribution in [2.75, 3.05) is 19.0 Å². The number of anilines is 1. The Morgan fingerprint density at radius 1 is 1.56 bits per heavy atom. The van der Waals surface area contributed by atoms with Gasteiger partial charge < -0.3 is 15.8 Å². The lowest BCUT2D eigenvalue weighted by molar-refractivity contribution is -0.123. The third-order valence-electron chi connectivity index (χ3n) is 2.73. The van der Waals surface area contributed by atoms with Crippen molar-refractivity contribution in [3.05, 3.63) is 23.8 Å². The number of nitrogens with zero attached hydrogens (tertiary/aromatic N) is 1. The normalized spacial score (nSPS) is 10.6. The van der Waals surface area contributed by atoms with Crippen LogP contribution in [0.25, 0.3) is 0 Å². The van der Waals surface area contributed by atoms with Gasteiger partial charge >= 0.3 is 0 Å². The van der Waals surface area contributed by atoms with Gasteiger partial charge in [-0.3, -0.25) is 4.79 Å². The maximum atomic E-state index is 12.0. The third kappa shape index (κ3) is 2.79. The lowest BCUT2D eigenvalue weighted by Gasteiger charge is -2.22. The second kappa shape index (κ2) is 5.52. The van der Waals surface area contributed by atoms with Crippen molar-refractivity contribution >= 4 is 11.6 Å². The van der Waals surface area contributed by atoms with Crippen molar-refractivity contribution in [3.63, 3.8) is 0 Å². The Bertz CT molecular complexity index is 489. The van der Waals surface area contributed by atoms with Gasteiger partial charge in [0.1, 0.15) is 17.5 Å². The largest absolute Gasteiger partial charge is 0.495 e. The van der Waals surface area contributed by atoms with Crippen molar-refractivity contribution in [1.29, 1.82) is 5.26 Å². The highest BCUT2D eigenvalue weighted by atomic mass is 16.5. The van der Waals surface area contributed by atoms with Gasteiger partial charge in [-0.1, -0.05) is 6.07 Å². The van der Waals surface area contributed by atoms with E-state index in [1.807, 2.05) is 6.07 Å². The third-order valence-corrected chi connectivity index (χ3v) is 2.73. The molecule has 3 N–H and O–H groups in total. The maximum Gasteiger partial charge on any atom is 0.231 e. The van der Waals surface area contributed by atoms with Gasteiger partial charge in [-0.25, -0.2) is 0 Å². The van der Waals surface area contributed by atoms with Gasteiger partial charge in [0.15, 0.2) is 0 Å². The molecule has 0 spiro atoms. The van der Waals surface area contributed by atoms with Crippen LogP contribution < -0.4 is 15.8 Å². The van der Waals surface area contributed by atoms with Crippen LogP contribution in [0.1, 0.15) is 19.4 Å². The molecule has 0 bridgehead atoms.